The smallest absolute Gasteiger partial charge is 0.257 e. The van der Waals surface area contributed by atoms with Crippen LogP contribution in [0.2, 0.25) is 0 Å². The molecule has 0 bridgehead atoms. The number of thiophene rings is 1. The molecule has 0 spiro atoms. The Morgan fingerprint density at radius 1 is 0.508 bits per heavy atom. The highest BCUT2D eigenvalue weighted by Gasteiger charge is 2.47. The number of hydrogen-bond acceptors (Lipinski definition) is 4. The van der Waals surface area contributed by atoms with Crippen LogP contribution in [0.15, 0.2) is 114 Å². The van der Waals surface area contributed by atoms with E-state index in [4.69, 9.17) is 4.42 Å². The Bertz CT molecular complexity index is 3030. The van der Waals surface area contributed by atoms with Crippen molar-refractivity contribution in [1.29, 1.82) is 0 Å². The van der Waals surface area contributed by atoms with Crippen molar-refractivity contribution in [2.75, 3.05) is 9.80 Å². The molecule has 0 unspecified atom stereocenters. The first-order valence-electron chi connectivity index (χ1n) is 22.0. The second-order valence-electron chi connectivity index (χ2n) is 20.9. The molecule has 3 nitrogen and oxygen atoms in total. The van der Waals surface area contributed by atoms with Crippen LogP contribution in [0, 0.1) is 27.7 Å². The SMILES string of the molecule is Cc1cc(-c2cc3ccccc3s2)cc(C)c1N1c2ccc(C(C)(C)C)cc2B2c3c1cccc3N(c1c(C)cc(C(C)(C)C)cc1C)c1oc3ccc(C(C)(C)C)cc3c12. The van der Waals surface area contributed by atoms with E-state index in [1.165, 1.54) is 110 Å². The van der Waals surface area contributed by atoms with Crippen LogP contribution in [0.4, 0.5) is 34.3 Å². The van der Waals surface area contributed by atoms with Gasteiger partial charge < -0.3 is 9.32 Å². The van der Waals surface area contributed by atoms with E-state index < -0.39 is 0 Å². The molecule has 0 aliphatic carbocycles. The molecule has 0 N–H and O–H groups in total. The number of hydrogen-bond donors (Lipinski definition) is 0. The van der Waals surface area contributed by atoms with Gasteiger partial charge in [-0.1, -0.05) is 117 Å². The quantitative estimate of drug-likeness (QED) is 0.166. The van der Waals surface area contributed by atoms with Crippen molar-refractivity contribution in [3.05, 3.63) is 148 Å². The Kier molecular flexibility index (Phi) is 8.76. The van der Waals surface area contributed by atoms with Crippen molar-refractivity contribution in [2.45, 2.75) is 106 Å². The molecule has 306 valence electrons. The second kappa shape index (κ2) is 13.5. The highest BCUT2D eigenvalue weighted by molar-refractivity contribution is 7.22. The maximum absolute atomic E-state index is 7.24. The second-order valence-corrected chi connectivity index (χ2v) is 22.0. The first-order chi connectivity index (χ1) is 28.8. The number of furan rings is 1. The third-order valence-corrected chi connectivity index (χ3v) is 14.5. The standard InChI is InChI=1S/C56H57BN2OS/c1-32-25-37(48-29-36-17-14-15-20-47(36)61-48)26-33(2)51(32)58-43-23-21-39(55(8,9)10)31-42(43)57-49-41-30-38(54(5,6)7)22-24-46(41)60-53(49)59(45-19-16-18-44(58)50(45)57)52-34(3)27-40(28-35(52)4)56(11,12)13/h14-31H,1-13H3. The van der Waals surface area contributed by atoms with Gasteiger partial charge in [-0.15, -0.1) is 11.3 Å². The summed E-state index contributed by atoms with van der Waals surface area (Å²) in [6, 6.07) is 41.8. The minimum atomic E-state index is -0.0460. The van der Waals surface area contributed by atoms with Crippen LogP contribution in [-0.2, 0) is 16.2 Å². The maximum Gasteiger partial charge on any atom is 0.257 e. The molecule has 5 heteroatoms. The minimum Gasteiger partial charge on any atom is -0.440 e. The Hall–Kier alpha value is -5.52. The van der Waals surface area contributed by atoms with Crippen molar-refractivity contribution >= 4 is 89.8 Å². The molecule has 0 atom stereocenters. The predicted octanol–water partition coefficient (Wildman–Crippen LogP) is 14.5. The number of rotatable bonds is 3. The van der Waals surface area contributed by atoms with E-state index in [-0.39, 0.29) is 23.0 Å². The molecule has 10 rings (SSSR count). The summed E-state index contributed by atoms with van der Waals surface area (Å²) in [7, 11) is 0. The highest BCUT2D eigenvalue weighted by atomic mass is 32.1. The minimum absolute atomic E-state index is 0.0243. The van der Waals surface area contributed by atoms with Gasteiger partial charge in [0.05, 0.1) is 11.4 Å². The van der Waals surface area contributed by atoms with E-state index in [0.717, 1.165) is 11.5 Å². The van der Waals surface area contributed by atoms with Gasteiger partial charge in [-0.2, -0.15) is 0 Å². The van der Waals surface area contributed by atoms with Crippen LogP contribution in [0.3, 0.4) is 0 Å². The summed E-state index contributed by atoms with van der Waals surface area (Å²) in [5.74, 6) is 0.922. The molecule has 2 aliphatic heterocycles. The normalized spacial score (nSPS) is 13.9. The van der Waals surface area contributed by atoms with Crippen molar-refractivity contribution in [3.8, 4) is 10.4 Å². The molecule has 61 heavy (non-hydrogen) atoms. The molecule has 0 radical (unpaired) electrons. The van der Waals surface area contributed by atoms with Crippen molar-refractivity contribution in [3.63, 3.8) is 0 Å². The van der Waals surface area contributed by atoms with Gasteiger partial charge in [0.2, 0.25) is 5.88 Å². The summed E-state index contributed by atoms with van der Waals surface area (Å²) in [4.78, 5) is 6.36. The topological polar surface area (TPSA) is 19.6 Å². The molecule has 0 saturated carbocycles. The van der Waals surface area contributed by atoms with E-state index in [9.17, 15) is 0 Å². The van der Waals surface area contributed by atoms with Gasteiger partial charge in [-0.05, 0) is 159 Å². The average molecular weight is 817 g/mol. The summed E-state index contributed by atoms with van der Waals surface area (Å²) in [6.45, 7) is 30.0. The summed E-state index contributed by atoms with van der Waals surface area (Å²) < 4.78 is 8.56. The zero-order chi connectivity index (χ0) is 43.1. The third-order valence-electron chi connectivity index (χ3n) is 13.3. The van der Waals surface area contributed by atoms with E-state index in [2.05, 4.69) is 209 Å². The molecule has 2 aromatic heterocycles. The van der Waals surface area contributed by atoms with Gasteiger partial charge in [0.1, 0.15) is 5.58 Å². The van der Waals surface area contributed by atoms with Crippen LogP contribution >= 0.6 is 11.3 Å². The summed E-state index contributed by atoms with van der Waals surface area (Å²) >= 11 is 1.87. The lowest BCUT2D eigenvalue weighted by molar-refractivity contribution is 0.588. The maximum atomic E-state index is 7.24. The van der Waals surface area contributed by atoms with E-state index in [1.807, 2.05) is 11.3 Å². The highest BCUT2D eigenvalue weighted by Crippen LogP contribution is 2.50. The summed E-state index contributed by atoms with van der Waals surface area (Å²) in [5.41, 5.74) is 21.1. The number of aryl methyl sites for hydroxylation is 4. The average Bonchev–Trinajstić information content (AvgIpc) is 3.79. The van der Waals surface area contributed by atoms with Gasteiger partial charge in [0.15, 0.2) is 0 Å². The molecular formula is C56H57BN2OS. The van der Waals surface area contributed by atoms with Crippen LogP contribution in [0.1, 0.15) is 101 Å². The van der Waals surface area contributed by atoms with Gasteiger partial charge in [0.25, 0.3) is 6.71 Å². The van der Waals surface area contributed by atoms with Gasteiger partial charge >= 0.3 is 0 Å². The van der Waals surface area contributed by atoms with Crippen molar-refractivity contribution < 1.29 is 4.42 Å². The lowest BCUT2D eigenvalue weighted by atomic mass is 9.33. The molecule has 8 aromatic rings. The third kappa shape index (κ3) is 6.21. The number of anilines is 6. The Morgan fingerprint density at radius 2 is 1.08 bits per heavy atom. The molecule has 0 saturated heterocycles. The van der Waals surface area contributed by atoms with Crippen LogP contribution < -0.4 is 26.2 Å². The van der Waals surface area contributed by atoms with Gasteiger partial charge in [-0.3, -0.25) is 4.90 Å². The van der Waals surface area contributed by atoms with Crippen molar-refractivity contribution in [1.82, 2.24) is 0 Å². The zero-order valence-electron chi connectivity index (χ0n) is 38.2. The monoisotopic (exact) mass is 816 g/mol. The number of benzene rings is 6. The number of nitrogens with zero attached hydrogens (tertiary/aromatic N) is 2. The first kappa shape index (κ1) is 39.6. The molecule has 0 fully saturated rings. The van der Waals surface area contributed by atoms with Crippen LogP contribution in [0.25, 0.3) is 31.5 Å². The molecular weight excluding hydrogens is 760 g/mol. The summed E-state index contributed by atoms with van der Waals surface area (Å²) in [6.07, 6.45) is 0. The van der Waals surface area contributed by atoms with E-state index >= 15 is 0 Å². The fourth-order valence-corrected chi connectivity index (χ4v) is 11.2. The fraction of sp³-hybridized carbons (Fsp3) is 0.286. The van der Waals surface area contributed by atoms with Crippen LogP contribution in [0.5, 0.6) is 0 Å². The van der Waals surface area contributed by atoms with Gasteiger partial charge in [0, 0.05) is 37.5 Å². The van der Waals surface area contributed by atoms with E-state index in [0.29, 0.717) is 0 Å². The predicted molar refractivity (Wildman–Crippen MR) is 266 cm³/mol. The lowest BCUT2D eigenvalue weighted by Crippen LogP contribution is -2.61. The summed E-state index contributed by atoms with van der Waals surface area (Å²) in [5, 5.41) is 2.49. The van der Waals surface area contributed by atoms with E-state index in [1.54, 1.807) is 0 Å². The van der Waals surface area contributed by atoms with Crippen LogP contribution in [-0.4, -0.2) is 6.71 Å². The molecule has 0 amide bonds. The van der Waals surface area contributed by atoms with Gasteiger partial charge in [-0.25, -0.2) is 0 Å². The lowest BCUT2D eigenvalue weighted by Gasteiger charge is -2.44. The number of fused-ring (bicyclic) bond motifs is 7. The zero-order valence-corrected chi connectivity index (χ0v) is 39.0. The molecule has 2 aliphatic rings. The Balaban J connectivity index is 1.29. The fourth-order valence-electron chi connectivity index (χ4n) is 10.2. The molecule has 6 aromatic carbocycles. The Labute approximate surface area is 367 Å². The molecule has 4 heterocycles. The van der Waals surface area contributed by atoms with Crippen molar-refractivity contribution in [2.24, 2.45) is 0 Å². The Morgan fingerprint density at radius 3 is 1.72 bits per heavy atom. The first-order valence-corrected chi connectivity index (χ1v) is 22.8. The largest absolute Gasteiger partial charge is 0.440 e.